The number of nitrogens with zero attached hydrogens (tertiary/aromatic N) is 2. The molecule has 2 amide bonds. The molecule has 0 N–H and O–H groups in total. The molecule has 1 aromatic heterocycles. The molecule has 0 bridgehead atoms. The van der Waals surface area contributed by atoms with Crippen molar-refractivity contribution in [2.45, 2.75) is 71.8 Å². The summed E-state index contributed by atoms with van der Waals surface area (Å²) in [6.45, 7) is 11.8. The van der Waals surface area contributed by atoms with Crippen LogP contribution in [0.3, 0.4) is 0 Å². The highest BCUT2D eigenvalue weighted by Crippen LogP contribution is 2.39. The molecule has 1 atom stereocenters. The van der Waals surface area contributed by atoms with Gasteiger partial charge in [0.15, 0.2) is 0 Å². The molecule has 33 heavy (non-hydrogen) atoms. The standard InChI is InChI=1S/C25H38N2O5S/c1-16-7-9-18(10-8-16)23(29)27(15-21(28)26-11-12-32-17(2)14-26)19-13-20(25(3,4)5)33-22(19)24(30)31-6/h13,16-18H,7-12,14-15H2,1-6H3. The Labute approximate surface area is 201 Å². The number of carbonyl (C=O) groups is 3. The van der Waals surface area contributed by atoms with Crippen LogP contribution in [0, 0.1) is 11.8 Å². The summed E-state index contributed by atoms with van der Waals surface area (Å²) in [6.07, 6.45) is 3.58. The number of morpholine rings is 1. The van der Waals surface area contributed by atoms with Crippen LogP contribution in [0.2, 0.25) is 0 Å². The van der Waals surface area contributed by atoms with Gasteiger partial charge in [-0.3, -0.25) is 9.59 Å². The maximum absolute atomic E-state index is 13.8. The average molecular weight is 479 g/mol. The molecule has 2 heterocycles. The number of carbonyl (C=O) groups excluding carboxylic acids is 3. The minimum Gasteiger partial charge on any atom is -0.465 e. The molecule has 1 saturated heterocycles. The van der Waals surface area contributed by atoms with E-state index in [1.807, 2.05) is 13.0 Å². The number of hydrogen-bond donors (Lipinski definition) is 0. The number of ether oxygens (including phenoxy) is 2. The fraction of sp³-hybridized carbons (Fsp3) is 0.720. The van der Waals surface area contributed by atoms with Gasteiger partial charge in [-0.25, -0.2) is 4.79 Å². The molecule has 8 heteroatoms. The Morgan fingerprint density at radius 1 is 1.18 bits per heavy atom. The summed E-state index contributed by atoms with van der Waals surface area (Å²) in [4.78, 5) is 44.4. The minimum atomic E-state index is -0.479. The van der Waals surface area contributed by atoms with Crippen molar-refractivity contribution in [2.24, 2.45) is 11.8 Å². The van der Waals surface area contributed by atoms with Gasteiger partial charge in [-0.05, 0) is 50.0 Å². The van der Waals surface area contributed by atoms with Crippen molar-refractivity contribution in [3.05, 3.63) is 15.8 Å². The molecule has 0 radical (unpaired) electrons. The van der Waals surface area contributed by atoms with Gasteiger partial charge in [-0.1, -0.05) is 27.7 Å². The maximum atomic E-state index is 13.8. The molecule has 1 unspecified atom stereocenters. The lowest BCUT2D eigenvalue weighted by molar-refractivity contribution is -0.138. The zero-order valence-corrected chi connectivity index (χ0v) is 21.6. The molecule has 1 aliphatic carbocycles. The highest BCUT2D eigenvalue weighted by Gasteiger charge is 2.35. The molecular formula is C25H38N2O5S. The first-order valence-electron chi connectivity index (χ1n) is 11.9. The molecule has 2 aliphatic rings. The third kappa shape index (κ3) is 6.15. The number of esters is 1. The molecule has 0 spiro atoms. The van der Waals surface area contributed by atoms with Crippen molar-refractivity contribution in [1.29, 1.82) is 0 Å². The lowest BCUT2D eigenvalue weighted by Gasteiger charge is -2.35. The molecule has 184 valence electrons. The van der Waals surface area contributed by atoms with Crippen LogP contribution in [-0.4, -0.2) is 62.1 Å². The van der Waals surface area contributed by atoms with E-state index in [0.29, 0.717) is 36.2 Å². The first kappa shape index (κ1) is 25.7. The van der Waals surface area contributed by atoms with Gasteiger partial charge in [0.05, 0.1) is 25.5 Å². The normalized spacial score (nSPS) is 23.8. The minimum absolute atomic E-state index is 0.0362. The van der Waals surface area contributed by atoms with E-state index in [9.17, 15) is 14.4 Å². The SMILES string of the molecule is COC(=O)c1sc(C(C)(C)C)cc1N(CC(=O)N1CCOC(C)C1)C(=O)C1CCC(C)CC1. The molecule has 2 fully saturated rings. The van der Waals surface area contributed by atoms with Gasteiger partial charge in [0.25, 0.3) is 0 Å². The fourth-order valence-electron chi connectivity index (χ4n) is 4.48. The van der Waals surface area contributed by atoms with Gasteiger partial charge in [0.2, 0.25) is 11.8 Å². The van der Waals surface area contributed by atoms with Crippen molar-refractivity contribution < 1.29 is 23.9 Å². The Bertz CT molecular complexity index is 867. The van der Waals surface area contributed by atoms with E-state index in [1.54, 1.807) is 9.80 Å². The first-order valence-corrected chi connectivity index (χ1v) is 12.8. The molecule has 1 aliphatic heterocycles. The van der Waals surface area contributed by atoms with Gasteiger partial charge < -0.3 is 19.3 Å². The van der Waals surface area contributed by atoms with E-state index in [4.69, 9.17) is 9.47 Å². The van der Waals surface area contributed by atoms with Gasteiger partial charge in [0, 0.05) is 23.9 Å². The van der Waals surface area contributed by atoms with Crippen molar-refractivity contribution >= 4 is 34.8 Å². The van der Waals surface area contributed by atoms with Crippen molar-refractivity contribution in [3.8, 4) is 0 Å². The monoisotopic (exact) mass is 478 g/mol. The lowest BCUT2D eigenvalue weighted by atomic mass is 9.82. The smallest absolute Gasteiger partial charge is 0.350 e. The van der Waals surface area contributed by atoms with E-state index < -0.39 is 5.97 Å². The molecule has 0 aromatic carbocycles. The highest BCUT2D eigenvalue weighted by atomic mass is 32.1. The van der Waals surface area contributed by atoms with Gasteiger partial charge >= 0.3 is 5.97 Å². The van der Waals surface area contributed by atoms with Crippen LogP contribution in [0.5, 0.6) is 0 Å². The fourth-order valence-corrected chi connectivity index (χ4v) is 5.62. The van der Waals surface area contributed by atoms with Crippen LogP contribution < -0.4 is 4.90 Å². The third-order valence-corrected chi connectivity index (χ3v) is 8.16. The maximum Gasteiger partial charge on any atom is 0.350 e. The lowest BCUT2D eigenvalue weighted by Crippen LogP contribution is -2.50. The molecular weight excluding hydrogens is 440 g/mol. The highest BCUT2D eigenvalue weighted by molar-refractivity contribution is 7.14. The van der Waals surface area contributed by atoms with Gasteiger partial charge in [0.1, 0.15) is 11.4 Å². The van der Waals surface area contributed by atoms with E-state index in [2.05, 4.69) is 27.7 Å². The predicted molar refractivity (Wildman–Crippen MR) is 130 cm³/mol. The van der Waals surface area contributed by atoms with Gasteiger partial charge in [-0.2, -0.15) is 0 Å². The quantitative estimate of drug-likeness (QED) is 0.592. The third-order valence-electron chi connectivity index (χ3n) is 6.63. The molecule has 1 aromatic rings. The van der Waals surface area contributed by atoms with E-state index >= 15 is 0 Å². The summed E-state index contributed by atoms with van der Waals surface area (Å²) < 4.78 is 10.6. The Morgan fingerprint density at radius 3 is 2.42 bits per heavy atom. The summed E-state index contributed by atoms with van der Waals surface area (Å²) >= 11 is 1.34. The van der Waals surface area contributed by atoms with Crippen LogP contribution >= 0.6 is 11.3 Å². The molecule has 3 rings (SSSR count). The second-order valence-corrected chi connectivity index (χ2v) is 11.5. The summed E-state index contributed by atoms with van der Waals surface area (Å²) in [5, 5.41) is 0. The number of anilines is 1. The van der Waals surface area contributed by atoms with Crippen molar-refractivity contribution in [1.82, 2.24) is 4.90 Å². The number of hydrogen-bond acceptors (Lipinski definition) is 6. The topological polar surface area (TPSA) is 76.2 Å². The van der Waals surface area contributed by atoms with Gasteiger partial charge in [-0.15, -0.1) is 11.3 Å². The Kier molecular flexibility index (Phi) is 8.22. The van der Waals surface area contributed by atoms with Crippen molar-refractivity contribution in [2.75, 3.05) is 38.3 Å². The zero-order chi connectivity index (χ0) is 24.3. The first-order chi connectivity index (χ1) is 15.5. The summed E-state index contributed by atoms with van der Waals surface area (Å²) in [6, 6.07) is 1.90. The predicted octanol–water partition coefficient (Wildman–Crippen LogP) is 4.24. The van der Waals surface area contributed by atoms with E-state index in [-0.39, 0.29) is 35.8 Å². The molecule has 7 nitrogen and oxygen atoms in total. The number of rotatable bonds is 5. The Morgan fingerprint density at radius 2 is 1.85 bits per heavy atom. The second-order valence-electron chi connectivity index (χ2n) is 10.5. The summed E-state index contributed by atoms with van der Waals surface area (Å²) in [5.41, 5.74) is 0.291. The second kappa shape index (κ2) is 10.6. The number of methoxy groups -OCH3 is 1. The van der Waals surface area contributed by atoms with Crippen LogP contribution in [0.1, 0.15) is 74.9 Å². The number of thiophene rings is 1. The van der Waals surface area contributed by atoms with Crippen LogP contribution in [0.15, 0.2) is 6.07 Å². The average Bonchev–Trinajstić information content (AvgIpc) is 3.22. The van der Waals surface area contributed by atoms with Crippen LogP contribution in [-0.2, 0) is 24.5 Å². The van der Waals surface area contributed by atoms with Crippen LogP contribution in [0.4, 0.5) is 5.69 Å². The van der Waals surface area contributed by atoms with E-state index in [0.717, 1.165) is 30.6 Å². The zero-order valence-electron chi connectivity index (χ0n) is 20.8. The number of amides is 2. The van der Waals surface area contributed by atoms with E-state index in [1.165, 1.54) is 18.4 Å². The Balaban J connectivity index is 1.97. The molecule has 1 saturated carbocycles. The Hall–Kier alpha value is -1.93. The largest absolute Gasteiger partial charge is 0.465 e. The van der Waals surface area contributed by atoms with Crippen molar-refractivity contribution in [3.63, 3.8) is 0 Å². The summed E-state index contributed by atoms with van der Waals surface area (Å²) in [7, 11) is 1.34. The van der Waals surface area contributed by atoms with Crippen LogP contribution in [0.25, 0.3) is 0 Å². The summed E-state index contributed by atoms with van der Waals surface area (Å²) in [5.74, 6) is -0.200.